The Morgan fingerprint density at radius 1 is 0.947 bits per heavy atom. The number of carbonyl (C=O) groups is 3. The van der Waals surface area contributed by atoms with E-state index in [1.807, 2.05) is 0 Å². The number of aliphatic carboxylic acids is 2. The van der Waals surface area contributed by atoms with E-state index in [2.05, 4.69) is 0 Å². The molecule has 0 heterocycles. The van der Waals surface area contributed by atoms with Gasteiger partial charge in [-0.25, -0.2) is 5.48 Å². The molecule has 19 heavy (non-hydrogen) atoms. The Morgan fingerprint density at radius 2 is 1.42 bits per heavy atom. The summed E-state index contributed by atoms with van der Waals surface area (Å²) >= 11 is 0. The Morgan fingerprint density at radius 3 is 1.79 bits per heavy atom. The Bertz CT molecular complexity index is 263. The van der Waals surface area contributed by atoms with Crippen molar-refractivity contribution in [3.63, 3.8) is 0 Å². The molecule has 0 aliphatic heterocycles. The molecule has 116 valence electrons. The topological polar surface area (TPSA) is 191 Å². The zero-order valence-electron chi connectivity index (χ0n) is 10.2. The maximum absolute atomic E-state index is 10.6. The Labute approximate surface area is 125 Å². The number of nitrogens with two attached hydrogens (primary N) is 2. The minimum atomic E-state index is -1.38. The SMILES string of the molecule is O=C(CCCCCC(C(=O)O)C(=O)O)NO.[NH2-].[NH2-].[Pt+2]. The second kappa shape index (κ2) is 15.0. The van der Waals surface area contributed by atoms with Gasteiger partial charge in [-0.2, -0.15) is 0 Å². The number of hydroxylamine groups is 1. The zero-order valence-corrected chi connectivity index (χ0v) is 12.4. The number of carboxylic acid groups (broad SMARTS) is 2. The molecule has 0 spiro atoms. The van der Waals surface area contributed by atoms with E-state index in [4.69, 9.17) is 15.4 Å². The minimum absolute atomic E-state index is 0. The molecule has 8 N–H and O–H groups in total. The normalized spacial score (nSPS) is 8.53. The summed E-state index contributed by atoms with van der Waals surface area (Å²) in [6.07, 6.45) is 1.64. The maximum atomic E-state index is 10.6. The first-order valence-electron chi connectivity index (χ1n) is 4.87. The number of nitrogens with one attached hydrogen (secondary N) is 1. The molecule has 0 aliphatic carbocycles. The first-order valence-corrected chi connectivity index (χ1v) is 4.87. The van der Waals surface area contributed by atoms with Gasteiger partial charge in [-0.15, -0.1) is 0 Å². The molecule has 0 saturated heterocycles. The van der Waals surface area contributed by atoms with Crippen LogP contribution in [0, 0.1) is 5.92 Å². The Balaban J connectivity index is -0.000000375. The molecule has 1 amide bonds. The summed E-state index contributed by atoms with van der Waals surface area (Å²) in [5.41, 5.74) is 1.47. The number of hydrogen-bond donors (Lipinski definition) is 4. The van der Waals surface area contributed by atoms with Crippen molar-refractivity contribution >= 4 is 17.8 Å². The van der Waals surface area contributed by atoms with Gasteiger partial charge in [-0.1, -0.05) is 12.8 Å². The van der Waals surface area contributed by atoms with Crippen molar-refractivity contribution in [1.82, 2.24) is 5.48 Å². The van der Waals surface area contributed by atoms with Crippen LogP contribution in [-0.4, -0.2) is 33.3 Å². The van der Waals surface area contributed by atoms with E-state index in [0.29, 0.717) is 19.3 Å². The predicted molar refractivity (Wildman–Crippen MR) is 62.3 cm³/mol. The minimum Gasteiger partial charge on any atom is -0.693 e. The Kier molecular flexibility index (Phi) is 21.0. The van der Waals surface area contributed by atoms with Crippen molar-refractivity contribution < 1.29 is 50.9 Å². The summed E-state index contributed by atoms with van der Waals surface area (Å²) in [5, 5.41) is 25.3. The molecule has 0 aromatic rings. The van der Waals surface area contributed by atoms with E-state index >= 15 is 0 Å². The second-order valence-corrected chi connectivity index (χ2v) is 3.36. The molecule has 0 unspecified atom stereocenters. The van der Waals surface area contributed by atoms with Crippen LogP contribution in [0.5, 0.6) is 0 Å². The molecular weight excluding hydrogens is 441 g/mol. The first-order chi connectivity index (χ1) is 7.49. The molecule has 0 atom stereocenters. The Hall–Kier alpha value is -1.02. The molecule has 10 heteroatoms. The summed E-state index contributed by atoms with van der Waals surface area (Å²) < 4.78 is 0. The van der Waals surface area contributed by atoms with Gasteiger partial charge in [-0.3, -0.25) is 19.6 Å². The van der Waals surface area contributed by atoms with E-state index in [0.717, 1.165) is 0 Å². The number of carboxylic acids is 2. The van der Waals surface area contributed by atoms with Gasteiger partial charge in [0.15, 0.2) is 5.92 Å². The number of unbranched alkanes of at least 4 members (excludes halogenated alkanes) is 2. The quantitative estimate of drug-likeness (QED) is 0.184. The summed E-state index contributed by atoms with van der Waals surface area (Å²) in [6, 6.07) is 0. The van der Waals surface area contributed by atoms with Crippen LogP contribution in [0.3, 0.4) is 0 Å². The molecular formula is C9H19N3O6Pt. The van der Waals surface area contributed by atoms with Crippen molar-refractivity contribution in [2.75, 3.05) is 0 Å². The van der Waals surface area contributed by atoms with E-state index in [1.54, 1.807) is 0 Å². The van der Waals surface area contributed by atoms with Crippen LogP contribution in [0.25, 0.3) is 12.3 Å². The van der Waals surface area contributed by atoms with E-state index in [-0.39, 0.29) is 46.2 Å². The number of carbonyl (C=O) groups excluding carboxylic acids is 1. The van der Waals surface area contributed by atoms with Gasteiger partial charge >= 0.3 is 33.0 Å². The average molecular weight is 460 g/mol. The van der Waals surface area contributed by atoms with Crippen molar-refractivity contribution in [2.24, 2.45) is 5.92 Å². The molecule has 0 aliphatic rings. The smallest absolute Gasteiger partial charge is 0.693 e. The molecule has 0 saturated carbocycles. The van der Waals surface area contributed by atoms with Crippen LogP contribution in [0.1, 0.15) is 32.1 Å². The summed E-state index contributed by atoms with van der Waals surface area (Å²) in [4.78, 5) is 31.5. The van der Waals surface area contributed by atoms with Crippen LogP contribution in [0.15, 0.2) is 0 Å². The van der Waals surface area contributed by atoms with Gasteiger partial charge in [0.1, 0.15) is 0 Å². The van der Waals surface area contributed by atoms with Gasteiger partial charge in [0.25, 0.3) is 0 Å². The third kappa shape index (κ3) is 13.2. The van der Waals surface area contributed by atoms with E-state index < -0.39 is 23.8 Å². The van der Waals surface area contributed by atoms with Crippen molar-refractivity contribution in [1.29, 1.82) is 0 Å². The number of amides is 1. The molecule has 0 aromatic heterocycles. The fourth-order valence-corrected chi connectivity index (χ4v) is 1.22. The van der Waals surface area contributed by atoms with E-state index in [9.17, 15) is 14.4 Å². The number of rotatable bonds is 8. The third-order valence-corrected chi connectivity index (χ3v) is 2.12. The van der Waals surface area contributed by atoms with Gasteiger partial charge in [0.2, 0.25) is 5.91 Å². The zero-order chi connectivity index (χ0) is 12.6. The van der Waals surface area contributed by atoms with Crippen LogP contribution in [0.4, 0.5) is 0 Å². The molecule has 0 fully saturated rings. The van der Waals surface area contributed by atoms with Gasteiger partial charge in [0, 0.05) is 6.42 Å². The van der Waals surface area contributed by atoms with Crippen LogP contribution in [0.2, 0.25) is 0 Å². The monoisotopic (exact) mass is 460 g/mol. The van der Waals surface area contributed by atoms with Crippen LogP contribution in [-0.2, 0) is 35.4 Å². The van der Waals surface area contributed by atoms with Crippen molar-refractivity contribution in [3.8, 4) is 0 Å². The van der Waals surface area contributed by atoms with Crippen molar-refractivity contribution in [2.45, 2.75) is 32.1 Å². The summed E-state index contributed by atoms with van der Waals surface area (Å²) in [7, 11) is 0. The van der Waals surface area contributed by atoms with Gasteiger partial charge < -0.3 is 22.5 Å². The fraction of sp³-hybridized carbons (Fsp3) is 0.667. The predicted octanol–water partition coefficient (Wildman–Crippen LogP) is 1.66. The van der Waals surface area contributed by atoms with E-state index in [1.165, 1.54) is 5.48 Å². The molecule has 0 bridgehead atoms. The van der Waals surface area contributed by atoms with Gasteiger partial charge in [0.05, 0.1) is 0 Å². The fourth-order valence-electron chi connectivity index (χ4n) is 1.22. The molecule has 0 rings (SSSR count). The maximum Gasteiger partial charge on any atom is 2.00 e. The van der Waals surface area contributed by atoms with Crippen LogP contribution < -0.4 is 5.48 Å². The third-order valence-electron chi connectivity index (χ3n) is 2.12. The standard InChI is InChI=1S/C9H15NO6.2H2N.Pt/c11-7(10-16)5-3-1-2-4-6(8(12)13)9(14)15;;;/h6,16H,1-5H2,(H,10,11)(H,12,13)(H,14,15);2*1H2;/q;2*-1;+2. The summed E-state index contributed by atoms with van der Waals surface area (Å²) in [5.74, 6) is -4.58. The molecule has 0 aromatic carbocycles. The van der Waals surface area contributed by atoms with Gasteiger partial charge in [-0.05, 0) is 12.8 Å². The van der Waals surface area contributed by atoms with Crippen LogP contribution >= 0.6 is 0 Å². The average Bonchev–Trinajstić information content (AvgIpc) is 2.21. The van der Waals surface area contributed by atoms with Crippen molar-refractivity contribution in [3.05, 3.63) is 12.3 Å². The first kappa shape index (κ1) is 26.5. The molecule has 0 radical (unpaired) electrons. The number of hydrogen-bond acceptors (Lipinski definition) is 4. The largest absolute Gasteiger partial charge is 2.00 e. The summed E-state index contributed by atoms with van der Waals surface area (Å²) in [6.45, 7) is 0. The molecule has 9 nitrogen and oxygen atoms in total. The second-order valence-electron chi connectivity index (χ2n) is 3.36.